The Morgan fingerprint density at radius 3 is 2.58 bits per heavy atom. The molecule has 7 nitrogen and oxygen atoms in total. The normalized spacial score (nSPS) is 10.3. The van der Waals surface area contributed by atoms with E-state index in [-0.39, 0.29) is 12.3 Å². The summed E-state index contributed by atoms with van der Waals surface area (Å²) in [5.41, 5.74) is 7.63. The smallest absolute Gasteiger partial charge is 0.340 e. The van der Waals surface area contributed by atoms with Crippen molar-refractivity contribution in [2.45, 2.75) is 20.8 Å². The molecule has 126 valence electrons. The van der Waals surface area contributed by atoms with E-state index in [9.17, 15) is 14.4 Å². The zero-order valence-electron chi connectivity index (χ0n) is 13.7. The number of aromatic nitrogens is 1. The van der Waals surface area contributed by atoms with Crippen LogP contribution in [0.2, 0.25) is 0 Å². The second-order valence-corrected chi connectivity index (χ2v) is 5.24. The van der Waals surface area contributed by atoms with Crippen LogP contribution in [0.5, 0.6) is 0 Å². The Bertz CT molecular complexity index is 808. The van der Waals surface area contributed by atoms with Crippen LogP contribution in [0.25, 0.3) is 0 Å². The molecule has 0 aliphatic carbocycles. The Hall–Kier alpha value is -3.09. The van der Waals surface area contributed by atoms with Gasteiger partial charge in [0.05, 0.1) is 12.2 Å². The van der Waals surface area contributed by atoms with Crippen LogP contribution in [0.4, 0.5) is 5.69 Å². The van der Waals surface area contributed by atoms with E-state index in [0.29, 0.717) is 28.1 Å². The van der Waals surface area contributed by atoms with Crippen molar-refractivity contribution in [3.05, 3.63) is 52.3 Å². The van der Waals surface area contributed by atoms with Gasteiger partial charge < -0.3 is 20.8 Å². The van der Waals surface area contributed by atoms with Gasteiger partial charge in [-0.3, -0.25) is 9.59 Å². The fraction of sp³-hybridized carbons (Fsp3) is 0.235. The van der Waals surface area contributed by atoms with Crippen molar-refractivity contribution in [1.82, 2.24) is 4.98 Å². The number of amides is 2. The van der Waals surface area contributed by atoms with E-state index < -0.39 is 17.8 Å². The quantitative estimate of drug-likeness (QED) is 0.729. The van der Waals surface area contributed by atoms with E-state index >= 15 is 0 Å². The van der Waals surface area contributed by atoms with Gasteiger partial charge in [-0.15, -0.1) is 0 Å². The molecule has 2 rings (SSSR count). The van der Waals surface area contributed by atoms with E-state index in [1.807, 2.05) is 0 Å². The third kappa shape index (κ3) is 3.45. The second kappa shape index (κ2) is 6.99. The van der Waals surface area contributed by atoms with Crippen molar-refractivity contribution in [2.24, 2.45) is 5.73 Å². The summed E-state index contributed by atoms with van der Waals surface area (Å²) in [6.07, 6.45) is 0. The molecule has 24 heavy (non-hydrogen) atoms. The lowest BCUT2D eigenvalue weighted by Crippen LogP contribution is -2.16. The van der Waals surface area contributed by atoms with Crippen molar-refractivity contribution in [2.75, 3.05) is 11.9 Å². The van der Waals surface area contributed by atoms with Crippen LogP contribution in [0.3, 0.4) is 0 Å². The van der Waals surface area contributed by atoms with Gasteiger partial charge in [-0.25, -0.2) is 4.79 Å². The minimum Gasteiger partial charge on any atom is -0.462 e. The van der Waals surface area contributed by atoms with Crippen molar-refractivity contribution in [3.8, 4) is 0 Å². The van der Waals surface area contributed by atoms with E-state index in [0.717, 1.165) is 0 Å². The maximum Gasteiger partial charge on any atom is 0.340 e. The molecule has 0 fully saturated rings. The number of aromatic amines is 1. The fourth-order valence-electron chi connectivity index (χ4n) is 2.43. The number of rotatable bonds is 5. The minimum atomic E-state index is -0.581. The maximum absolute atomic E-state index is 12.5. The molecule has 1 heterocycles. The topological polar surface area (TPSA) is 114 Å². The number of H-pyrrole nitrogens is 1. The van der Waals surface area contributed by atoms with Crippen LogP contribution in [0.1, 0.15) is 49.4 Å². The van der Waals surface area contributed by atoms with Gasteiger partial charge >= 0.3 is 5.97 Å². The van der Waals surface area contributed by atoms with Crippen molar-refractivity contribution in [1.29, 1.82) is 0 Å². The molecule has 0 bridgehead atoms. The highest BCUT2D eigenvalue weighted by Crippen LogP contribution is 2.20. The predicted octanol–water partition coefficient (Wildman–Crippen LogP) is 2.16. The largest absolute Gasteiger partial charge is 0.462 e. The van der Waals surface area contributed by atoms with Crippen LogP contribution >= 0.6 is 0 Å². The number of nitrogens with one attached hydrogen (secondary N) is 2. The lowest BCUT2D eigenvalue weighted by Gasteiger charge is -2.06. The minimum absolute atomic E-state index is 0.254. The van der Waals surface area contributed by atoms with Gasteiger partial charge in [0.1, 0.15) is 5.69 Å². The second-order valence-electron chi connectivity index (χ2n) is 5.24. The SMILES string of the molecule is CCOC(=O)c1c(C)[nH]c(C(=O)Nc2cccc(C(N)=O)c2)c1C. The lowest BCUT2D eigenvalue weighted by molar-refractivity contribution is 0.0525. The number of carbonyl (C=O) groups excluding carboxylic acids is 3. The molecule has 0 unspecified atom stereocenters. The molecule has 0 aliphatic rings. The number of nitrogens with two attached hydrogens (primary N) is 1. The Kier molecular flexibility index (Phi) is 5.03. The summed E-state index contributed by atoms with van der Waals surface area (Å²) in [7, 11) is 0. The standard InChI is InChI=1S/C17H19N3O4/c1-4-24-17(23)13-9(2)14(19-10(13)3)16(22)20-12-7-5-6-11(8-12)15(18)21/h5-8,19H,4H2,1-3H3,(H2,18,21)(H,20,22). The highest BCUT2D eigenvalue weighted by molar-refractivity contribution is 6.07. The third-order valence-electron chi connectivity index (χ3n) is 3.55. The van der Waals surface area contributed by atoms with E-state index in [1.165, 1.54) is 6.07 Å². The number of anilines is 1. The molecule has 0 saturated carbocycles. The number of primary amides is 1. The summed E-state index contributed by atoms with van der Waals surface area (Å²) >= 11 is 0. The molecule has 1 aromatic heterocycles. The summed E-state index contributed by atoms with van der Waals surface area (Å²) < 4.78 is 5.00. The maximum atomic E-state index is 12.5. The first kappa shape index (κ1) is 17.3. The average molecular weight is 329 g/mol. The Balaban J connectivity index is 2.28. The average Bonchev–Trinajstić information content (AvgIpc) is 2.82. The van der Waals surface area contributed by atoms with Gasteiger partial charge in [0.2, 0.25) is 5.91 Å². The van der Waals surface area contributed by atoms with Crippen LogP contribution in [0, 0.1) is 13.8 Å². The van der Waals surface area contributed by atoms with Gasteiger partial charge in [-0.05, 0) is 44.5 Å². The molecule has 2 aromatic rings. The number of hydrogen-bond acceptors (Lipinski definition) is 4. The number of carbonyl (C=O) groups is 3. The molecule has 4 N–H and O–H groups in total. The first-order valence-electron chi connectivity index (χ1n) is 7.42. The lowest BCUT2D eigenvalue weighted by atomic mass is 10.1. The molecule has 0 saturated heterocycles. The number of aryl methyl sites for hydroxylation is 1. The molecule has 0 spiro atoms. The third-order valence-corrected chi connectivity index (χ3v) is 3.55. The molecule has 0 aliphatic heterocycles. The van der Waals surface area contributed by atoms with Gasteiger partial charge in [-0.1, -0.05) is 6.07 Å². The van der Waals surface area contributed by atoms with Gasteiger partial charge in [0, 0.05) is 16.9 Å². The van der Waals surface area contributed by atoms with Crippen molar-refractivity contribution >= 4 is 23.5 Å². The first-order valence-corrected chi connectivity index (χ1v) is 7.42. The van der Waals surface area contributed by atoms with Crippen molar-refractivity contribution in [3.63, 3.8) is 0 Å². The summed E-state index contributed by atoms with van der Waals surface area (Å²) in [4.78, 5) is 38.5. The highest BCUT2D eigenvalue weighted by atomic mass is 16.5. The van der Waals surface area contributed by atoms with E-state index in [1.54, 1.807) is 39.0 Å². The zero-order chi connectivity index (χ0) is 17.9. The summed E-state index contributed by atoms with van der Waals surface area (Å²) in [6.45, 7) is 5.34. The van der Waals surface area contributed by atoms with E-state index in [2.05, 4.69) is 10.3 Å². The molecular weight excluding hydrogens is 310 g/mol. The molecule has 7 heteroatoms. The monoisotopic (exact) mass is 329 g/mol. The predicted molar refractivity (Wildman–Crippen MR) is 89.1 cm³/mol. The van der Waals surface area contributed by atoms with E-state index in [4.69, 9.17) is 10.5 Å². The molecule has 1 aromatic carbocycles. The van der Waals surface area contributed by atoms with Crippen LogP contribution in [0.15, 0.2) is 24.3 Å². The molecule has 0 radical (unpaired) electrons. The van der Waals surface area contributed by atoms with Gasteiger partial charge in [0.15, 0.2) is 0 Å². The van der Waals surface area contributed by atoms with Crippen LogP contribution in [-0.4, -0.2) is 29.4 Å². The Morgan fingerprint density at radius 2 is 1.96 bits per heavy atom. The zero-order valence-corrected chi connectivity index (χ0v) is 13.7. The van der Waals surface area contributed by atoms with Gasteiger partial charge in [-0.2, -0.15) is 0 Å². The van der Waals surface area contributed by atoms with Gasteiger partial charge in [0.25, 0.3) is 5.91 Å². The number of benzene rings is 1. The van der Waals surface area contributed by atoms with Crippen LogP contribution < -0.4 is 11.1 Å². The molecular formula is C17H19N3O4. The number of ether oxygens (including phenoxy) is 1. The first-order chi connectivity index (χ1) is 11.3. The Labute approximate surface area is 139 Å². The summed E-state index contributed by atoms with van der Waals surface area (Å²) in [6, 6.07) is 6.30. The van der Waals surface area contributed by atoms with Crippen LogP contribution in [-0.2, 0) is 4.74 Å². The number of esters is 1. The fourth-order valence-corrected chi connectivity index (χ4v) is 2.43. The highest BCUT2D eigenvalue weighted by Gasteiger charge is 2.22. The summed E-state index contributed by atoms with van der Waals surface area (Å²) in [5.74, 6) is -1.48. The molecule has 0 atom stereocenters. The molecule has 2 amide bonds. The summed E-state index contributed by atoms with van der Waals surface area (Å²) in [5, 5.41) is 2.68. The Morgan fingerprint density at radius 1 is 1.25 bits per heavy atom. The number of hydrogen-bond donors (Lipinski definition) is 3. The van der Waals surface area contributed by atoms with Crippen molar-refractivity contribution < 1.29 is 19.1 Å².